The topological polar surface area (TPSA) is 95.2 Å². The molecule has 12 heavy (non-hydrogen) atoms. The van der Waals surface area contributed by atoms with Gasteiger partial charge in [0.2, 0.25) is 5.88 Å². The van der Waals surface area contributed by atoms with Crippen molar-refractivity contribution in [1.29, 1.82) is 0 Å². The van der Waals surface area contributed by atoms with Crippen molar-refractivity contribution >= 4 is 11.9 Å². The van der Waals surface area contributed by atoms with Crippen LogP contribution in [0.3, 0.4) is 0 Å². The van der Waals surface area contributed by atoms with Gasteiger partial charge in [0.15, 0.2) is 0 Å². The monoisotopic (exact) mass is 167 g/mol. The number of esters is 1. The van der Waals surface area contributed by atoms with E-state index in [0.29, 0.717) is 0 Å². The summed E-state index contributed by atoms with van der Waals surface area (Å²) >= 11 is 0. The Labute approximate surface area is 67.4 Å². The first kappa shape index (κ1) is 8.12. The summed E-state index contributed by atoms with van der Waals surface area (Å²) < 4.78 is 4.39. The van der Waals surface area contributed by atoms with Crippen molar-refractivity contribution in [3.05, 3.63) is 18.6 Å². The van der Waals surface area contributed by atoms with E-state index >= 15 is 0 Å². The minimum absolute atomic E-state index is 0.0544. The summed E-state index contributed by atoms with van der Waals surface area (Å²) in [7, 11) is 0. The average Bonchev–Trinajstić information content (AvgIpc) is 2.06. The molecule has 0 aliphatic rings. The highest BCUT2D eigenvalue weighted by Crippen LogP contribution is 1.99. The summed E-state index contributed by atoms with van der Waals surface area (Å²) in [6, 6.07) is 0. The van der Waals surface area contributed by atoms with E-state index < -0.39 is 11.9 Å². The Morgan fingerprint density at radius 1 is 1.42 bits per heavy atom. The summed E-state index contributed by atoms with van der Waals surface area (Å²) in [4.78, 5) is 27.9. The van der Waals surface area contributed by atoms with E-state index in [9.17, 15) is 9.59 Å². The molecule has 0 spiro atoms. The molecule has 0 aromatic carbocycles. The third-order valence-corrected chi connectivity index (χ3v) is 0.938. The van der Waals surface area contributed by atoms with E-state index in [1.54, 1.807) is 0 Å². The number of ether oxygens (including phenoxy) is 1. The van der Waals surface area contributed by atoms with E-state index in [2.05, 4.69) is 20.4 Å². The largest absolute Gasteiger partial charge is 0.403 e. The van der Waals surface area contributed by atoms with Crippen LogP contribution >= 0.6 is 0 Å². The van der Waals surface area contributed by atoms with E-state index in [1.165, 1.54) is 18.6 Å². The third-order valence-electron chi connectivity index (χ3n) is 0.938. The molecule has 1 heterocycles. The van der Waals surface area contributed by atoms with Gasteiger partial charge in [-0.2, -0.15) is 0 Å². The number of amides is 1. The molecule has 6 heteroatoms. The molecular weight excluding hydrogens is 162 g/mol. The first-order valence-electron chi connectivity index (χ1n) is 2.98. The van der Waals surface area contributed by atoms with Gasteiger partial charge >= 0.3 is 11.9 Å². The van der Waals surface area contributed by atoms with Crippen LogP contribution in [0.15, 0.2) is 18.6 Å². The number of hydrogen-bond donors (Lipinski definition) is 1. The van der Waals surface area contributed by atoms with Crippen molar-refractivity contribution in [2.75, 3.05) is 0 Å². The molecule has 1 aromatic rings. The average molecular weight is 167 g/mol. The minimum atomic E-state index is -1.17. The van der Waals surface area contributed by atoms with Crippen LogP contribution in [0.5, 0.6) is 5.88 Å². The standard InChI is InChI=1S/C6H5N3O3/c7-5(10)6(11)12-4-3-8-1-2-9-4/h1-3H,(H2,7,10). The van der Waals surface area contributed by atoms with Gasteiger partial charge in [-0.15, -0.1) is 0 Å². The maximum Gasteiger partial charge on any atom is 0.403 e. The fourth-order valence-corrected chi connectivity index (χ4v) is 0.483. The molecule has 0 atom stereocenters. The van der Waals surface area contributed by atoms with Crippen LogP contribution in [0.1, 0.15) is 0 Å². The van der Waals surface area contributed by atoms with Crippen molar-refractivity contribution in [2.24, 2.45) is 5.73 Å². The molecular formula is C6H5N3O3. The Bertz CT molecular complexity index is 298. The van der Waals surface area contributed by atoms with E-state index in [-0.39, 0.29) is 5.88 Å². The van der Waals surface area contributed by atoms with E-state index in [4.69, 9.17) is 0 Å². The molecule has 0 fully saturated rings. The quantitative estimate of drug-likeness (QED) is 0.421. The molecule has 1 amide bonds. The Morgan fingerprint density at radius 3 is 2.67 bits per heavy atom. The fraction of sp³-hybridized carbons (Fsp3) is 0. The van der Waals surface area contributed by atoms with Crippen molar-refractivity contribution < 1.29 is 14.3 Å². The van der Waals surface area contributed by atoms with Crippen LogP contribution in [0, 0.1) is 0 Å². The minimum Gasteiger partial charge on any atom is -0.399 e. The van der Waals surface area contributed by atoms with Crippen LogP contribution in [0.2, 0.25) is 0 Å². The number of carbonyl (C=O) groups excluding carboxylic acids is 2. The highest BCUT2D eigenvalue weighted by atomic mass is 16.5. The molecule has 0 aliphatic heterocycles. The maximum atomic E-state index is 10.5. The van der Waals surface area contributed by atoms with Gasteiger partial charge in [-0.05, 0) is 0 Å². The van der Waals surface area contributed by atoms with Crippen molar-refractivity contribution in [1.82, 2.24) is 9.97 Å². The first-order valence-corrected chi connectivity index (χ1v) is 2.98. The zero-order valence-corrected chi connectivity index (χ0v) is 5.93. The van der Waals surface area contributed by atoms with Crippen molar-refractivity contribution in [2.45, 2.75) is 0 Å². The molecule has 0 bridgehead atoms. The second-order valence-corrected chi connectivity index (χ2v) is 1.80. The number of hydrogen-bond acceptors (Lipinski definition) is 5. The molecule has 0 aliphatic carbocycles. The van der Waals surface area contributed by atoms with Crippen LogP contribution in [-0.4, -0.2) is 21.8 Å². The number of nitrogens with two attached hydrogens (primary N) is 1. The Morgan fingerprint density at radius 2 is 2.17 bits per heavy atom. The van der Waals surface area contributed by atoms with E-state index in [1.807, 2.05) is 0 Å². The lowest BCUT2D eigenvalue weighted by atomic mass is 10.6. The number of carbonyl (C=O) groups is 2. The number of nitrogens with zero attached hydrogens (tertiary/aromatic N) is 2. The normalized spacial score (nSPS) is 9.00. The molecule has 2 N–H and O–H groups in total. The lowest BCUT2D eigenvalue weighted by Gasteiger charge is -1.97. The second-order valence-electron chi connectivity index (χ2n) is 1.80. The predicted octanol–water partition coefficient (Wildman–Crippen LogP) is -1.13. The number of aromatic nitrogens is 2. The zero-order valence-electron chi connectivity index (χ0n) is 5.93. The molecule has 62 valence electrons. The lowest BCUT2D eigenvalue weighted by molar-refractivity contribution is -0.146. The van der Waals surface area contributed by atoms with Gasteiger partial charge in [0.25, 0.3) is 0 Å². The fourth-order valence-electron chi connectivity index (χ4n) is 0.483. The van der Waals surface area contributed by atoms with Crippen LogP contribution in [0.25, 0.3) is 0 Å². The summed E-state index contributed by atoms with van der Waals surface area (Å²) in [5, 5.41) is 0. The van der Waals surface area contributed by atoms with Gasteiger partial charge in [-0.1, -0.05) is 0 Å². The molecule has 1 rings (SSSR count). The molecule has 6 nitrogen and oxygen atoms in total. The Kier molecular flexibility index (Phi) is 2.32. The highest BCUT2D eigenvalue weighted by molar-refractivity contribution is 6.32. The molecule has 0 saturated heterocycles. The number of rotatable bonds is 1. The van der Waals surface area contributed by atoms with E-state index in [0.717, 1.165) is 0 Å². The van der Waals surface area contributed by atoms with Gasteiger partial charge in [0.1, 0.15) is 0 Å². The smallest absolute Gasteiger partial charge is 0.399 e. The van der Waals surface area contributed by atoms with Crippen LogP contribution < -0.4 is 10.5 Å². The molecule has 0 saturated carbocycles. The Balaban J connectivity index is 2.65. The molecule has 1 aromatic heterocycles. The van der Waals surface area contributed by atoms with Gasteiger partial charge < -0.3 is 10.5 Å². The maximum absolute atomic E-state index is 10.5. The second kappa shape index (κ2) is 3.42. The summed E-state index contributed by atoms with van der Waals surface area (Å²) in [6.45, 7) is 0. The molecule has 0 unspecified atom stereocenters. The summed E-state index contributed by atoms with van der Waals surface area (Å²) in [5.41, 5.74) is 4.62. The lowest BCUT2D eigenvalue weighted by Crippen LogP contribution is -2.28. The van der Waals surface area contributed by atoms with Crippen LogP contribution in [-0.2, 0) is 9.59 Å². The zero-order chi connectivity index (χ0) is 8.97. The molecule has 0 radical (unpaired) electrons. The van der Waals surface area contributed by atoms with Crippen molar-refractivity contribution in [3.63, 3.8) is 0 Å². The Hall–Kier alpha value is -1.98. The van der Waals surface area contributed by atoms with Crippen LogP contribution in [0.4, 0.5) is 0 Å². The third kappa shape index (κ3) is 2.01. The van der Waals surface area contributed by atoms with Crippen molar-refractivity contribution in [3.8, 4) is 5.88 Å². The number of primary amides is 1. The SMILES string of the molecule is NC(=O)C(=O)Oc1cnccn1. The first-order chi connectivity index (χ1) is 5.70. The van der Waals surface area contributed by atoms with Gasteiger partial charge in [-0.25, -0.2) is 9.78 Å². The van der Waals surface area contributed by atoms with Gasteiger partial charge in [0, 0.05) is 12.4 Å². The predicted molar refractivity (Wildman–Crippen MR) is 36.9 cm³/mol. The van der Waals surface area contributed by atoms with Gasteiger partial charge in [-0.3, -0.25) is 9.78 Å². The van der Waals surface area contributed by atoms with Gasteiger partial charge in [0.05, 0.1) is 6.20 Å². The summed E-state index contributed by atoms with van der Waals surface area (Å²) in [6.07, 6.45) is 3.92. The summed E-state index contributed by atoms with van der Waals surface area (Å²) in [5.74, 6) is -2.38. The highest BCUT2D eigenvalue weighted by Gasteiger charge is 2.11.